The van der Waals surface area contributed by atoms with Crippen LogP contribution in [0.15, 0.2) is 54.7 Å². The molecular weight excluding hydrogens is 194 g/mol. The number of hydrogen-bond acceptors (Lipinski definition) is 0. The van der Waals surface area contributed by atoms with Gasteiger partial charge in [-0.05, 0) is 31.5 Å². The largest absolute Gasteiger partial charge is 0.348 e. The minimum atomic E-state index is 0.981. The molecule has 1 aromatic carbocycles. The summed E-state index contributed by atoms with van der Waals surface area (Å²) in [5.74, 6) is 0. The van der Waals surface area contributed by atoms with Crippen LogP contribution in [0.4, 0.5) is 0 Å². The lowest BCUT2D eigenvalue weighted by Gasteiger charge is -2.05. The Morgan fingerprint density at radius 2 is 1.69 bits per heavy atom. The van der Waals surface area contributed by atoms with Gasteiger partial charge in [-0.25, -0.2) is 0 Å². The van der Waals surface area contributed by atoms with Gasteiger partial charge in [0.15, 0.2) is 0 Å². The van der Waals surface area contributed by atoms with Crippen molar-refractivity contribution in [1.29, 1.82) is 0 Å². The lowest BCUT2D eigenvalue weighted by molar-refractivity contribution is 0.791. The van der Waals surface area contributed by atoms with Gasteiger partial charge in [0.2, 0.25) is 0 Å². The number of rotatable bonds is 1. The van der Waals surface area contributed by atoms with Gasteiger partial charge in [-0.15, -0.1) is 0 Å². The highest BCUT2D eigenvalue weighted by atomic mass is 14.9. The van der Waals surface area contributed by atoms with E-state index in [1.807, 2.05) is 0 Å². The fraction of sp³-hybridized carbons (Fsp3) is 0.200. The molecule has 0 radical (unpaired) electrons. The molecular formula is C15H17N. The first-order chi connectivity index (χ1) is 7.83. The number of hydrogen-bond donors (Lipinski definition) is 0. The van der Waals surface area contributed by atoms with Gasteiger partial charge >= 0.3 is 0 Å². The molecule has 16 heavy (non-hydrogen) atoms. The maximum absolute atomic E-state index is 2.27. The summed E-state index contributed by atoms with van der Waals surface area (Å²) in [5.41, 5.74) is 2.58. The number of nitrogens with zero attached hydrogens (tertiary/aromatic N) is 1. The summed E-state index contributed by atoms with van der Waals surface area (Å²) in [7, 11) is 0. The second kappa shape index (κ2) is 4.84. The Morgan fingerprint density at radius 3 is 2.50 bits per heavy atom. The standard InChI is InChI=1S/C15H17N/c1-3-16-12-8-4-5-9-13(2)14-10-6-7-11-15(14)16/h4-12H,3H2,1-2H3. The molecule has 82 valence electrons. The summed E-state index contributed by atoms with van der Waals surface area (Å²) in [6.07, 6.45) is 2.13. The molecule has 0 amide bonds. The van der Waals surface area contributed by atoms with Gasteiger partial charge in [-0.2, -0.15) is 0 Å². The lowest BCUT2D eigenvalue weighted by atomic mass is 10.1. The van der Waals surface area contributed by atoms with Crippen LogP contribution in [0.2, 0.25) is 0 Å². The molecule has 2 rings (SSSR count). The topological polar surface area (TPSA) is 4.93 Å². The highest BCUT2D eigenvalue weighted by molar-refractivity contribution is 5.81. The van der Waals surface area contributed by atoms with Crippen LogP contribution in [-0.2, 0) is 6.54 Å². The number of aryl methyl sites for hydroxylation is 2. The summed E-state index contributed by atoms with van der Waals surface area (Å²) in [6, 6.07) is 16.9. The lowest BCUT2D eigenvalue weighted by Crippen LogP contribution is -1.94. The van der Waals surface area contributed by atoms with Crippen LogP contribution in [0.3, 0.4) is 0 Å². The Bertz CT molecular complexity index is 536. The van der Waals surface area contributed by atoms with E-state index < -0.39 is 0 Å². The van der Waals surface area contributed by atoms with Gasteiger partial charge in [-0.3, -0.25) is 0 Å². The van der Waals surface area contributed by atoms with Crippen molar-refractivity contribution in [1.82, 2.24) is 4.57 Å². The van der Waals surface area contributed by atoms with Crippen LogP contribution >= 0.6 is 0 Å². The van der Waals surface area contributed by atoms with Crippen LogP contribution < -0.4 is 0 Å². The van der Waals surface area contributed by atoms with E-state index in [-0.39, 0.29) is 0 Å². The predicted octanol–water partition coefficient (Wildman–Crippen LogP) is 4.09. The van der Waals surface area contributed by atoms with Crippen molar-refractivity contribution in [2.75, 3.05) is 0 Å². The van der Waals surface area contributed by atoms with Crippen molar-refractivity contribution in [3.63, 3.8) is 0 Å². The quantitative estimate of drug-likeness (QED) is 0.669. The second-order valence-electron chi connectivity index (χ2n) is 3.88. The van der Waals surface area contributed by atoms with Crippen molar-refractivity contribution in [2.24, 2.45) is 0 Å². The monoisotopic (exact) mass is 211 g/mol. The molecule has 1 nitrogen and oxygen atoms in total. The maximum Gasteiger partial charge on any atom is 0.0482 e. The van der Waals surface area contributed by atoms with Crippen molar-refractivity contribution >= 4 is 10.9 Å². The fourth-order valence-corrected chi connectivity index (χ4v) is 1.92. The number of para-hydroxylation sites is 1. The molecule has 0 aliphatic heterocycles. The van der Waals surface area contributed by atoms with Gasteiger partial charge in [0.05, 0.1) is 0 Å². The summed E-state index contributed by atoms with van der Waals surface area (Å²) < 4.78 is 2.27. The highest BCUT2D eigenvalue weighted by Crippen LogP contribution is 2.15. The third-order valence-electron chi connectivity index (χ3n) is 2.81. The molecule has 0 saturated carbocycles. The van der Waals surface area contributed by atoms with Gasteiger partial charge in [0, 0.05) is 23.6 Å². The first-order valence-corrected chi connectivity index (χ1v) is 5.70. The van der Waals surface area contributed by atoms with Crippen molar-refractivity contribution in [2.45, 2.75) is 20.4 Å². The maximum atomic E-state index is 2.27. The molecule has 0 bridgehead atoms. The third-order valence-corrected chi connectivity index (χ3v) is 2.81. The van der Waals surface area contributed by atoms with Crippen LogP contribution in [0.25, 0.3) is 10.9 Å². The minimum Gasteiger partial charge on any atom is -0.348 e. The number of fused-ring (bicyclic) bond motifs is 1. The Balaban J connectivity index is 2.96. The summed E-state index contributed by atoms with van der Waals surface area (Å²) in [6.45, 7) is 5.30. The Kier molecular flexibility index (Phi) is 3.25. The molecule has 1 aromatic heterocycles. The Morgan fingerprint density at radius 1 is 0.938 bits per heavy atom. The van der Waals surface area contributed by atoms with E-state index in [4.69, 9.17) is 0 Å². The SMILES string of the molecule is CCn1cccccc(C)c2ccccc21. The molecule has 0 aliphatic rings. The van der Waals surface area contributed by atoms with Crippen molar-refractivity contribution < 1.29 is 0 Å². The average molecular weight is 211 g/mol. The molecule has 0 N–H and O–H groups in total. The predicted molar refractivity (Wildman–Crippen MR) is 70.0 cm³/mol. The van der Waals surface area contributed by atoms with E-state index in [0.29, 0.717) is 0 Å². The van der Waals surface area contributed by atoms with Gasteiger partial charge in [0.25, 0.3) is 0 Å². The Labute approximate surface area is 96.7 Å². The zero-order valence-corrected chi connectivity index (χ0v) is 9.85. The number of benzene rings is 1. The van der Waals surface area contributed by atoms with E-state index >= 15 is 0 Å². The fourth-order valence-electron chi connectivity index (χ4n) is 1.92. The molecule has 0 spiro atoms. The van der Waals surface area contributed by atoms with Crippen molar-refractivity contribution in [3.05, 3.63) is 60.3 Å². The molecule has 1 heteroatoms. The van der Waals surface area contributed by atoms with E-state index in [1.54, 1.807) is 0 Å². The summed E-state index contributed by atoms with van der Waals surface area (Å²) >= 11 is 0. The van der Waals surface area contributed by atoms with E-state index in [2.05, 4.69) is 73.1 Å². The third kappa shape index (κ3) is 2.08. The second-order valence-corrected chi connectivity index (χ2v) is 3.88. The van der Waals surface area contributed by atoms with Gasteiger partial charge in [0.1, 0.15) is 0 Å². The van der Waals surface area contributed by atoms with Crippen LogP contribution in [0.1, 0.15) is 12.5 Å². The van der Waals surface area contributed by atoms with E-state index in [0.717, 1.165) is 6.54 Å². The average Bonchev–Trinajstić information content (AvgIpc) is 2.40. The first-order valence-electron chi connectivity index (χ1n) is 5.70. The normalized spacial score (nSPS) is 10.1. The summed E-state index contributed by atoms with van der Waals surface area (Å²) in [4.78, 5) is 0. The molecule has 0 saturated heterocycles. The van der Waals surface area contributed by atoms with E-state index in [9.17, 15) is 0 Å². The first kappa shape index (κ1) is 10.7. The van der Waals surface area contributed by atoms with Gasteiger partial charge in [-0.1, -0.05) is 36.4 Å². The molecule has 0 atom stereocenters. The number of aromatic nitrogens is 1. The molecule has 0 fully saturated rings. The zero-order valence-electron chi connectivity index (χ0n) is 9.85. The van der Waals surface area contributed by atoms with E-state index in [1.165, 1.54) is 16.5 Å². The molecule has 0 aliphatic carbocycles. The summed E-state index contributed by atoms with van der Waals surface area (Å²) in [5, 5.41) is 1.31. The van der Waals surface area contributed by atoms with Crippen molar-refractivity contribution in [3.8, 4) is 0 Å². The molecule has 2 aromatic rings. The van der Waals surface area contributed by atoms with Crippen LogP contribution in [-0.4, -0.2) is 4.57 Å². The molecule has 0 unspecified atom stereocenters. The van der Waals surface area contributed by atoms with Gasteiger partial charge < -0.3 is 4.57 Å². The zero-order chi connectivity index (χ0) is 11.4. The minimum absolute atomic E-state index is 0.981. The highest BCUT2D eigenvalue weighted by Gasteiger charge is 1.95. The van der Waals surface area contributed by atoms with Crippen LogP contribution in [0, 0.1) is 6.92 Å². The molecule has 1 heterocycles. The van der Waals surface area contributed by atoms with Crippen LogP contribution in [0.5, 0.6) is 0 Å². The smallest absolute Gasteiger partial charge is 0.0482 e. The Hall–Kier alpha value is -1.76.